The van der Waals surface area contributed by atoms with Gasteiger partial charge in [0.05, 0.1) is 0 Å². The zero-order chi connectivity index (χ0) is 8.23. The van der Waals surface area contributed by atoms with Gasteiger partial charge < -0.3 is 2.85 Å². The summed E-state index contributed by atoms with van der Waals surface area (Å²) in [7, 11) is 0. The van der Waals surface area contributed by atoms with Crippen molar-refractivity contribution in [3.8, 4) is 11.1 Å². The van der Waals surface area contributed by atoms with Crippen molar-refractivity contribution in [3.63, 3.8) is 0 Å². The Morgan fingerprint density at radius 2 is 0.833 bits per heavy atom. The minimum Gasteiger partial charge on any atom is -1.00 e. The highest BCUT2D eigenvalue weighted by molar-refractivity contribution is 5.62. The summed E-state index contributed by atoms with van der Waals surface area (Å²) in [6, 6.07) is 20.8. The highest BCUT2D eigenvalue weighted by atomic mass is 14.0. The van der Waals surface area contributed by atoms with Crippen LogP contribution >= 0.6 is 0 Å². The summed E-state index contributed by atoms with van der Waals surface area (Å²) in [6.45, 7) is 0. The van der Waals surface area contributed by atoms with Crippen molar-refractivity contribution in [3.05, 3.63) is 60.7 Å². The lowest BCUT2D eigenvalue weighted by Crippen LogP contribution is -1.73. The molecule has 2 aromatic rings. The molecule has 0 bridgehead atoms. The summed E-state index contributed by atoms with van der Waals surface area (Å²) in [5.41, 5.74) is 2.55. The van der Waals surface area contributed by atoms with Crippen molar-refractivity contribution < 1.29 is 2.85 Å². The minimum absolute atomic E-state index is 0. The van der Waals surface area contributed by atoms with Gasteiger partial charge in [-0.2, -0.15) is 0 Å². The van der Waals surface area contributed by atoms with Gasteiger partial charge in [-0.15, -0.1) is 0 Å². The molecular formula is C12H12-2. The van der Waals surface area contributed by atoms with Gasteiger partial charge in [-0.25, -0.2) is 0 Å². The van der Waals surface area contributed by atoms with Crippen LogP contribution < -0.4 is 0 Å². The van der Waals surface area contributed by atoms with Gasteiger partial charge in [0.2, 0.25) is 0 Å². The molecule has 0 aliphatic rings. The first-order chi connectivity index (χ1) is 5.97. The van der Waals surface area contributed by atoms with E-state index < -0.39 is 0 Å². The van der Waals surface area contributed by atoms with Crippen LogP contribution in [0.5, 0.6) is 0 Å². The van der Waals surface area contributed by atoms with Crippen molar-refractivity contribution in [2.75, 3.05) is 0 Å². The van der Waals surface area contributed by atoms with E-state index in [2.05, 4.69) is 48.5 Å². The second kappa shape index (κ2) is 3.22. The van der Waals surface area contributed by atoms with E-state index in [1.54, 1.807) is 0 Å². The molecule has 0 aliphatic carbocycles. The molecular weight excluding hydrogens is 144 g/mol. The highest BCUT2D eigenvalue weighted by Gasteiger charge is 1.91. The summed E-state index contributed by atoms with van der Waals surface area (Å²) in [5, 5.41) is 0. The lowest BCUT2D eigenvalue weighted by molar-refractivity contribution is 1.62. The van der Waals surface area contributed by atoms with Crippen LogP contribution in [-0.2, 0) is 0 Å². The second-order valence-electron chi connectivity index (χ2n) is 2.73. The van der Waals surface area contributed by atoms with E-state index in [0.29, 0.717) is 0 Å². The lowest BCUT2D eigenvalue weighted by atomic mass is 10.1. The van der Waals surface area contributed by atoms with Crippen molar-refractivity contribution in [1.82, 2.24) is 0 Å². The molecule has 2 rings (SSSR count). The molecule has 2 aromatic carbocycles. The Labute approximate surface area is 75.5 Å². The Morgan fingerprint density at radius 1 is 0.500 bits per heavy atom. The third-order valence-corrected chi connectivity index (χ3v) is 1.88. The second-order valence-corrected chi connectivity index (χ2v) is 2.73. The standard InChI is InChI=1S/C12H10.2H/c1-3-7-11(8-4-1)12-9-5-2-6-10-12;;/h1-10H;;/q;2*-1. The van der Waals surface area contributed by atoms with Crippen LogP contribution in [0.25, 0.3) is 11.1 Å². The Kier molecular flexibility index (Phi) is 1.91. The largest absolute Gasteiger partial charge is 1.00 e. The van der Waals surface area contributed by atoms with Gasteiger partial charge in [-0.3, -0.25) is 0 Å². The van der Waals surface area contributed by atoms with Gasteiger partial charge in [0.15, 0.2) is 0 Å². The Bertz CT molecular complexity index is 306. The van der Waals surface area contributed by atoms with Crippen LogP contribution in [0.1, 0.15) is 2.85 Å². The van der Waals surface area contributed by atoms with Gasteiger partial charge in [0.25, 0.3) is 0 Å². The molecule has 0 atom stereocenters. The molecule has 0 heterocycles. The van der Waals surface area contributed by atoms with Crippen molar-refractivity contribution >= 4 is 0 Å². The lowest BCUT2D eigenvalue weighted by Gasteiger charge is -1.98. The fourth-order valence-electron chi connectivity index (χ4n) is 1.26. The summed E-state index contributed by atoms with van der Waals surface area (Å²) in [6.07, 6.45) is 0. The third-order valence-electron chi connectivity index (χ3n) is 1.88. The molecule has 0 saturated carbocycles. The Hall–Kier alpha value is -1.56. The molecule has 62 valence electrons. The van der Waals surface area contributed by atoms with E-state index in [0.717, 1.165) is 0 Å². The molecule has 12 heavy (non-hydrogen) atoms. The molecule has 0 spiro atoms. The van der Waals surface area contributed by atoms with E-state index in [1.807, 2.05) is 12.1 Å². The van der Waals surface area contributed by atoms with Gasteiger partial charge in [0, 0.05) is 0 Å². The van der Waals surface area contributed by atoms with Gasteiger partial charge in [0.1, 0.15) is 0 Å². The number of benzene rings is 2. The van der Waals surface area contributed by atoms with Crippen LogP contribution in [0.4, 0.5) is 0 Å². The van der Waals surface area contributed by atoms with Crippen molar-refractivity contribution in [2.24, 2.45) is 0 Å². The topological polar surface area (TPSA) is 0 Å². The fourth-order valence-corrected chi connectivity index (χ4v) is 1.26. The van der Waals surface area contributed by atoms with Gasteiger partial charge >= 0.3 is 0 Å². The van der Waals surface area contributed by atoms with Crippen LogP contribution in [0.15, 0.2) is 60.7 Å². The quantitative estimate of drug-likeness (QED) is 0.592. The van der Waals surface area contributed by atoms with Gasteiger partial charge in [-0.1, -0.05) is 60.7 Å². The average molecular weight is 156 g/mol. The fraction of sp³-hybridized carbons (Fsp3) is 0. The van der Waals surface area contributed by atoms with E-state index >= 15 is 0 Å². The zero-order valence-corrected chi connectivity index (χ0v) is 6.77. The van der Waals surface area contributed by atoms with Crippen LogP contribution in [0.2, 0.25) is 0 Å². The highest BCUT2D eigenvalue weighted by Crippen LogP contribution is 2.17. The average Bonchev–Trinajstić information content (AvgIpc) is 2.21. The molecule has 0 N–H and O–H groups in total. The summed E-state index contributed by atoms with van der Waals surface area (Å²) in [4.78, 5) is 0. The van der Waals surface area contributed by atoms with E-state index in [4.69, 9.17) is 0 Å². The smallest absolute Gasteiger partial charge is 0.0184 e. The predicted molar refractivity (Wildman–Crippen MR) is 54.1 cm³/mol. The summed E-state index contributed by atoms with van der Waals surface area (Å²) < 4.78 is 0. The molecule has 0 saturated heterocycles. The first-order valence-corrected chi connectivity index (χ1v) is 4.07. The Balaban J connectivity index is 0.000000845. The van der Waals surface area contributed by atoms with E-state index in [1.165, 1.54) is 11.1 Å². The van der Waals surface area contributed by atoms with E-state index in [-0.39, 0.29) is 2.85 Å². The minimum atomic E-state index is 0. The monoisotopic (exact) mass is 156 g/mol. The number of hydrogen-bond donors (Lipinski definition) is 0. The molecule has 0 nitrogen and oxygen atoms in total. The number of rotatable bonds is 1. The van der Waals surface area contributed by atoms with Crippen molar-refractivity contribution in [2.45, 2.75) is 0 Å². The summed E-state index contributed by atoms with van der Waals surface area (Å²) in [5.74, 6) is 0. The maximum absolute atomic E-state index is 2.12. The molecule has 0 aromatic heterocycles. The predicted octanol–water partition coefficient (Wildman–Crippen LogP) is 3.58. The molecule has 0 fully saturated rings. The zero-order valence-electron chi connectivity index (χ0n) is 8.77. The maximum Gasteiger partial charge on any atom is -0.0184 e. The number of hydrogen-bond acceptors (Lipinski definition) is 0. The maximum atomic E-state index is 2.12. The van der Waals surface area contributed by atoms with Crippen molar-refractivity contribution in [1.29, 1.82) is 0 Å². The normalized spacial score (nSPS) is 9.67. The summed E-state index contributed by atoms with van der Waals surface area (Å²) >= 11 is 0. The molecule has 0 unspecified atom stereocenters. The van der Waals surface area contributed by atoms with Crippen LogP contribution in [0, 0.1) is 0 Å². The van der Waals surface area contributed by atoms with Crippen LogP contribution in [-0.4, -0.2) is 0 Å². The SMILES string of the molecule is [H-].[H-].c1ccc(-c2ccccc2)cc1. The van der Waals surface area contributed by atoms with Crippen LogP contribution in [0.3, 0.4) is 0 Å². The third kappa shape index (κ3) is 1.37. The molecule has 0 aliphatic heterocycles. The van der Waals surface area contributed by atoms with E-state index in [9.17, 15) is 0 Å². The first-order valence-electron chi connectivity index (χ1n) is 4.07. The first kappa shape index (κ1) is 7.11. The Morgan fingerprint density at radius 3 is 1.17 bits per heavy atom. The molecule has 0 heteroatoms. The van der Waals surface area contributed by atoms with Gasteiger partial charge in [-0.05, 0) is 11.1 Å². The molecule has 0 radical (unpaired) electrons. The molecule has 0 amide bonds.